The monoisotopic (exact) mass is 319 g/mol. The lowest BCUT2D eigenvalue weighted by Crippen LogP contribution is -2.48. The molecule has 1 aromatic rings. The Balaban J connectivity index is 2.06. The first-order valence-electron chi connectivity index (χ1n) is 8.15. The van der Waals surface area contributed by atoms with Crippen molar-refractivity contribution in [3.05, 3.63) is 23.3 Å². The molecule has 5 heteroatoms. The van der Waals surface area contributed by atoms with E-state index in [0.717, 1.165) is 37.4 Å². The molecule has 2 heterocycles. The lowest BCUT2D eigenvalue weighted by Gasteiger charge is -2.46. The molecular weight excluding hydrogens is 294 g/mol. The number of hydrogen-bond donors (Lipinski definition) is 0. The van der Waals surface area contributed by atoms with E-state index in [-0.39, 0.29) is 17.9 Å². The van der Waals surface area contributed by atoms with Crippen molar-refractivity contribution in [2.75, 3.05) is 34.4 Å². The number of piperidine rings is 1. The summed E-state index contributed by atoms with van der Waals surface area (Å²) in [5.41, 5.74) is 2.42. The number of carbonyl (C=O) groups excluding carboxylic acids is 1. The summed E-state index contributed by atoms with van der Waals surface area (Å²) in [5.74, 6) is 1.72. The Bertz CT molecular complexity index is 601. The van der Waals surface area contributed by atoms with E-state index >= 15 is 0 Å². The highest BCUT2D eigenvalue weighted by atomic mass is 16.5. The normalized spacial score (nSPS) is 26.9. The van der Waals surface area contributed by atoms with Crippen LogP contribution in [-0.2, 0) is 16.0 Å². The Morgan fingerprint density at radius 1 is 1.17 bits per heavy atom. The third kappa shape index (κ3) is 2.78. The first kappa shape index (κ1) is 16.1. The Labute approximate surface area is 137 Å². The molecule has 0 bridgehead atoms. The van der Waals surface area contributed by atoms with Gasteiger partial charge in [0.15, 0.2) is 11.5 Å². The largest absolute Gasteiger partial charge is 0.493 e. The molecular formula is C18H25NO4. The van der Waals surface area contributed by atoms with Crippen molar-refractivity contribution in [3.63, 3.8) is 0 Å². The zero-order valence-corrected chi connectivity index (χ0v) is 14.3. The molecule has 126 valence electrons. The van der Waals surface area contributed by atoms with E-state index in [0.29, 0.717) is 5.92 Å². The number of nitrogens with zero attached hydrogens (tertiary/aromatic N) is 1. The van der Waals surface area contributed by atoms with Gasteiger partial charge >= 0.3 is 5.97 Å². The van der Waals surface area contributed by atoms with Crippen LogP contribution in [0.25, 0.3) is 0 Å². The molecule has 1 fully saturated rings. The summed E-state index contributed by atoms with van der Waals surface area (Å²) in [6, 6.07) is 4.16. The minimum atomic E-state index is -0.124. The van der Waals surface area contributed by atoms with Crippen molar-refractivity contribution in [1.82, 2.24) is 4.90 Å². The molecule has 0 unspecified atom stereocenters. The fraction of sp³-hybridized carbons (Fsp3) is 0.611. The third-order valence-electron chi connectivity index (χ3n) is 5.11. The maximum Gasteiger partial charge on any atom is 0.310 e. The summed E-state index contributed by atoms with van der Waals surface area (Å²) >= 11 is 0. The van der Waals surface area contributed by atoms with Gasteiger partial charge in [0.2, 0.25) is 0 Å². The van der Waals surface area contributed by atoms with Crippen LogP contribution >= 0.6 is 0 Å². The maximum atomic E-state index is 12.3. The van der Waals surface area contributed by atoms with Gasteiger partial charge in [-0.25, -0.2) is 0 Å². The number of hydrogen-bond acceptors (Lipinski definition) is 5. The maximum absolute atomic E-state index is 12.3. The molecule has 2 aliphatic heterocycles. The first-order chi connectivity index (χ1) is 11.1. The second-order valence-corrected chi connectivity index (χ2v) is 6.57. The highest BCUT2D eigenvalue weighted by Crippen LogP contribution is 2.45. The summed E-state index contributed by atoms with van der Waals surface area (Å²) in [4.78, 5) is 14.8. The number of ether oxygens (including phenoxy) is 3. The standard InChI is InChI=1S/C18H25NO4/c1-11-7-14(18(20)23-4)17-13-9-16(22-3)15(21-2)8-12(13)5-6-19(17)10-11/h8-9,11,14,17H,5-7,10H2,1-4H3/t11-,14+,17+/m0/s1. The number of benzene rings is 1. The minimum absolute atomic E-state index is 0.0715. The van der Waals surface area contributed by atoms with E-state index in [2.05, 4.69) is 17.9 Å². The predicted octanol–water partition coefficient (Wildman–Crippen LogP) is 2.43. The van der Waals surface area contributed by atoms with Crippen LogP contribution in [0.5, 0.6) is 11.5 Å². The zero-order valence-electron chi connectivity index (χ0n) is 14.3. The SMILES string of the molecule is COC(=O)[C@@H]1C[C@H](C)CN2CCc3cc(OC)c(OC)cc3[C@H]12. The summed E-state index contributed by atoms with van der Waals surface area (Å²) in [5, 5.41) is 0. The molecule has 5 nitrogen and oxygen atoms in total. The van der Waals surface area contributed by atoms with E-state index in [1.54, 1.807) is 14.2 Å². The van der Waals surface area contributed by atoms with Crippen LogP contribution < -0.4 is 9.47 Å². The Morgan fingerprint density at radius 3 is 2.52 bits per heavy atom. The van der Waals surface area contributed by atoms with Gasteiger partial charge in [0, 0.05) is 19.1 Å². The van der Waals surface area contributed by atoms with Gasteiger partial charge < -0.3 is 14.2 Å². The molecule has 0 spiro atoms. The lowest BCUT2D eigenvalue weighted by atomic mass is 9.76. The van der Waals surface area contributed by atoms with Crippen LogP contribution in [0.4, 0.5) is 0 Å². The van der Waals surface area contributed by atoms with E-state index in [4.69, 9.17) is 14.2 Å². The number of esters is 1. The number of rotatable bonds is 3. The summed E-state index contributed by atoms with van der Waals surface area (Å²) in [6.45, 7) is 4.19. The van der Waals surface area contributed by atoms with Gasteiger partial charge in [0.05, 0.1) is 27.2 Å². The second-order valence-electron chi connectivity index (χ2n) is 6.57. The predicted molar refractivity (Wildman–Crippen MR) is 86.9 cm³/mol. The van der Waals surface area contributed by atoms with Gasteiger partial charge in [-0.2, -0.15) is 0 Å². The van der Waals surface area contributed by atoms with Crippen LogP contribution in [0.3, 0.4) is 0 Å². The smallest absolute Gasteiger partial charge is 0.310 e. The molecule has 1 saturated heterocycles. The fourth-order valence-corrected chi connectivity index (χ4v) is 4.12. The van der Waals surface area contributed by atoms with Crippen LogP contribution in [0.15, 0.2) is 12.1 Å². The molecule has 23 heavy (non-hydrogen) atoms. The molecule has 0 radical (unpaired) electrons. The van der Waals surface area contributed by atoms with E-state index in [1.807, 2.05) is 6.07 Å². The van der Waals surface area contributed by atoms with Gasteiger partial charge in [-0.05, 0) is 42.0 Å². The Hall–Kier alpha value is -1.75. The third-order valence-corrected chi connectivity index (χ3v) is 5.11. The number of methoxy groups -OCH3 is 3. The van der Waals surface area contributed by atoms with Crippen molar-refractivity contribution in [2.45, 2.75) is 25.8 Å². The fourth-order valence-electron chi connectivity index (χ4n) is 4.12. The summed E-state index contributed by atoms with van der Waals surface area (Å²) in [6.07, 6.45) is 1.83. The van der Waals surface area contributed by atoms with Crippen molar-refractivity contribution in [3.8, 4) is 11.5 Å². The van der Waals surface area contributed by atoms with Crippen molar-refractivity contribution < 1.29 is 19.0 Å². The minimum Gasteiger partial charge on any atom is -0.493 e. The van der Waals surface area contributed by atoms with Gasteiger partial charge in [-0.1, -0.05) is 6.92 Å². The molecule has 0 amide bonds. The van der Waals surface area contributed by atoms with Gasteiger partial charge in [0.1, 0.15) is 0 Å². The molecule has 0 saturated carbocycles. The highest BCUT2D eigenvalue weighted by molar-refractivity contribution is 5.74. The van der Waals surface area contributed by atoms with Crippen molar-refractivity contribution in [2.24, 2.45) is 11.8 Å². The summed E-state index contributed by atoms with van der Waals surface area (Å²) < 4.78 is 16.0. The summed E-state index contributed by atoms with van der Waals surface area (Å²) in [7, 11) is 4.77. The van der Waals surface area contributed by atoms with Crippen molar-refractivity contribution in [1.29, 1.82) is 0 Å². The lowest BCUT2D eigenvalue weighted by molar-refractivity contribution is -0.151. The Kier molecular flexibility index (Phi) is 4.48. The van der Waals surface area contributed by atoms with Crippen LogP contribution in [0.2, 0.25) is 0 Å². The average Bonchev–Trinajstić information content (AvgIpc) is 2.58. The van der Waals surface area contributed by atoms with E-state index in [1.165, 1.54) is 18.2 Å². The molecule has 1 aromatic carbocycles. The Morgan fingerprint density at radius 2 is 1.87 bits per heavy atom. The van der Waals surface area contributed by atoms with E-state index < -0.39 is 0 Å². The molecule has 2 aliphatic rings. The average molecular weight is 319 g/mol. The molecule has 0 N–H and O–H groups in total. The molecule has 0 aliphatic carbocycles. The van der Waals surface area contributed by atoms with Crippen LogP contribution in [-0.4, -0.2) is 45.3 Å². The highest BCUT2D eigenvalue weighted by Gasteiger charge is 2.43. The van der Waals surface area contributed by atoms with Gasteiger partial charge in [-0.3, -0.25) is 9.69 Å². The van der Waals surface area contributed by atoms with Crippen molar-refractivity contribution >= 4 is 5.97 Å². The molecule has 0 aromatic heterocycles. The topological polar surface area (TPSA) is 48.0 Å². The van der Waals surface area contributed by atoms with Gasteiger partial charge in [-0.15, -0.1) is 0 Å². The van der Waals surface area contributed by atoms with Gasteiger partial charge in [0.25, 0.3) is 0 Å². The number of fused-ring (bicyclic) bond motifs is 3. The molecule has 3 rings (SSSR count). The van der Waals surface area contributed by atoms with E-state index in [9.17, 15) is 4.79 Å². The van der Waals surface area contributed by atoms with Crippen LogP contribution in [0.1, 0.15) is 30.5 Å². The number of carbonyl (C=O) groups is 1. The first-order valence-corrected chi connectivity index (χ1v) is 8.15. The molecule has 3 atom stereocenters. The van der Waals surface area contributed by atoms with Crippen LogP contribution in [0, 0.1) is 11.8 Å². The quantitative estimate of drug-likeness (QED) is 0.801. The second kappa shape index (κ2) is 6.40. The zero-order chi connectivity index (χ0) is 16.6.